The molecule has 0 N–H and O–H groups in total. The molecule has 1 aliphatic heterocycles. The number of benzene rings is 2. The first kappa shape index (κ1) is 19.9. The summed E-state index contributed by atoms with van der Waals surface area (Å²) in [7, 11) is 0. The topological polar surface area (TPSA) is 7.12 Å². The van der Waals surface area contributed by atoms with E-state index in [9.17, 15) is 8.78 Å². The highest BCUT2D eigenvalue weighted by molar-refractivity contribution is 8.03. The molecule has 0 spiro atoms. The second-order valence-electron chi connectivity index (χ2n) is 6.50. The highest BCUT2D eigenvalue weighted by atomic mass is 32.2. The number of allylic oxidation sites excluding steroid dienone is 4. The Bertz CT molecular complexity index is 1150. The number of nitrogens with zero attached hydrogens (tertiary/aromatic N) is 2. The molecule has 0 unspecified atom stereocenters. The second-order valence-corrected chi connectivity index (χ2v) is 8.63. The van der Waals surface area contributed by atoms with E-state index in [0.717, 1.165) is 43.9 Å². The number of anilines is 1. The molecule has 0 saturated heterocycles. The summed E-state index contributed by atoms with van der Waals surface area (Å²) in [5, 5.41) is 2.16. The van der Waals surface area contributed by atoms with Gasteiger partial charge in [0.1, 0.15) is 22.9 Å². The minimum absolute atomic E-state index is 0.213. The van der Waals surface area contributed by atoms with Gasteiger partial charge in [0.2, 0.25) is 5.52 Å². The van der Waals surface area contributed by atoms with E-state index < -0.39 is 0 Å². The summed E-state index contributed by atoms with van der Waals surface area (Å²) in [5.41, 5.74) is 1.85. The molecule has 1 aromatic heterocycles. The van der Waals surface area contributed by atoms with Crippen molar-refractivity contribution >= 4 is 45.1 Å². The maximum atomic E-state index is 13.6. The minimum Gasteiger partial charge on any atom is -0.335 e. The number of aryl methyl sites for hydroxylation is 1. The fourth-order valence-electron chi connectivity index (χ4n) is 3.39. The molecule has 148 valence electrons. The largest absolute Gasteiger partial charge is 0.335 e. The van der Waals surface area contributed by atoms with Crippen molar-refractivity contribution in [3.05, 3.63) is 82.4 Å². The Morgan fingerprint density at radius 1 is 1.00 bits per heavy atom. The van der Waals surface area contributed by atoms with Crippen LogP contribution < -0.4 is 9.47 Å². The summed E-state index contributed by atoms with van der Waals surface area (Å²) in [6, 6.07) is 9.84. The van der Waals surface area contributed by atoms with Crippen molar-refractivity contribution in [1.82, 2.24) is 0 Å². The van der Waals surface area contributed by atoms with E-state index >= 15 is 0 Å². The molecular weight excluding hydrogens is 406 g/mol. The predicted octanol–water partition coefficient (Wildman–Crippen LogP) is 6.53. The first-order valence-electron chi connectivity index (χ1n) is 9.52. The SMILES string of the molecule is CCN1C(=CC=CC=Cc2sc3ccc(F)cc3[n+]2CC)Sc2ccc(F)cc21. The zero-order valence-electron chi connectivity index (χ0n) is 16.2. The van der Waals surface area contributed by atoms with Gasteiger partial charge in [0.05, 0.1) is 10.7 Å². The van der Waals surface area contributed by atoms with E-state index in [4.69, 9.17) is 0 Å². The van der Waals surface area contributed by atoms with Gasteiger partial charge in [-0.2, -0.15) is 4.57 Å². The summed E-state index contributed by atoms with van der Waals surface area (Å²) in [4.78, 5) is 3.19. The molecule has 2 aromatic carbocycles. The highest BCUT2D eigenvalue weighted by Gasteiger charge is 2.23. The molecule has 0 atom stereocenters. The number of thiazole rings is 1. The third-order valence-corrected chi connectivity index (χ3v) is 6.98. The third kappa shape index (κ3) is 4.00. The number of fused-ring (bicyclic) bond motifs is 2. The average Bonchev–Trinajstić information content (AvgIpc) is 3.23. The van der Waals surface area contributed by atoms with E-state index in [1.165, 1.54) is 12.1 Å². The lowest BCUT2D eigenvalue weighted by Gasteiger charge is -2.17. The summed E-state index contributed by atoms with van der Waals surface area (Å²) in [5.74, 6) is -0.426. The Kier molecular flexibility index (Phi) is 5.83. The van der Waals surface area contributed by atoms with Gasteiger partial charge in [-0.1, -0.05) is 41.3 Å². The van der Waals surface area contributed by atoms with Gasteiger partial charge in [0.15, 0.2) is 0 Å². The lowest BCUT2D eigenvalue weighted by molar-refractivity contribution is -0.665. The molecule has 0 fully saturated rings. The fourth-order valence-corrected chi connectivity index (χ4v) is 5.63. The molecule has 0 radical (unpaired) electrons. The molecule has 2 heterocycles. The van der Waals surface area contributed by atoms with Crippen LogP contribution in [0, 0.1) is 11.6 Å². The Labute approximate surface area is 177 Å². The van der Waals surface area contributed by atoms with Crippen molar-refractivity contribution < 1.29 is 13.3 Å². The van der Waals surface area contributed by atoms with E-state index in [2.05, 4.69) is 23.3 Å². The summed E-state index contributed by atoms with van der Waals surface area (Å²) >= 11 is 3.30. The smallest absolute Gasteiger partial charge is 0.262 e. The molecule has 0 amide bonds. The Morgan fingerprint density at radius 2 is 1.79 bits per heavy atom. The van der Waals surface area contributed by atoms with Crippen LogP contribution in [0.15, 0.2) is 70.6 Å². The van der Waals surface area contributed by atoms with Gasteiger partial charge in [0, 0.05) is 23.6 Å². The molecule has 3 aromatic rings. The Balaban J connectivity index is 1.52. The lowest BCUT2D eigenvalue weighted by Crippen LogP contribution is -2.33. The molecule has 0 bridgehead atoms. The minimum atomic E-state index is -0.213. The van der Waals surface area contributed by atoms with Gasteiger partial charge in [-0.25, -0.2) is 8.78 Å². The summed E-state index contributed by atoms with van der Waals surface area (Å²) in [6.45, 7) is 5.69. The van der Waals surface area contributed by atoms with E-state index in [1.54, 1.807) is 35.2 Å². The maximum absolute atomic E-state index is 13.6. The third-order valence-electron chi connectivity index (χ3n) is 4.72. The number of hydrogen-bond acceptors (Lipinski definition) is 3. The fraction of sp³-hybridized carbons (Fsp3) is 0.174. The Morgan fingerprint density at radius 3 is 2.59 bits per heavy atom. The average molecular weight is 428 g/mol. The first-order valence-corrected chi connectivity index (χ1v) is 11.2. The maximum Gasteiger partial charge on any atom is 0.262 e. The normalized spacial score (nSPS) is 15.4. The number of rotatable bonds is 5. The van der Waals surface area contributed by atoms with Crippen LogP contribution in [0.5, 0.6) is 0 Å². The molecule has 2 nitrogen and oxygen atoms in total. The van der Waals surface area contributed by atoms with Crippen LogP contribution in [0.1, 0.15) is 18.9 Å². The zero-order chi connectivity index (χ0) is 20.4. The molecule has 1 aliphatic rings. The van der Waals surface area contributed by atoms with Crippen molar-refractivity contribution in [1.29, 1.82) is 0 Å². The van der Waals surface area contributed by atoms with Crippen molar-refractivity contribution in [2.45, 2.75) is 25.3 Å². The van der Waals surface area contributed by atoms with E-state index in [1.807, 2.05) is 42.5 Å². The highest BCUT2D eigenvalue weighted by Crippen LogP contribution is 2.45. The summed E-state index contributed by atoms with van der Waals surface area (Å²) in [6.07, 6.45) is 10.1. The van der Waals surface area contributed by atoms with Crippen LogP contribution in [0.4, 0.5) is 14.5 Å². The van der Waals surface area contributed by atoms with Crippen LogP contribution in [-0.2, 0) is 6.54 Å². The van der Waals surface area contributed by atoms with Crippen molar-refractivity contribution in [3.8, 4) is 0 Å². The quantitative estimate of drug-likeness (QED) is 0.338. The molecule has 29 heavy (non-hydrogen) atoms. The van der Waals surface area contributed by atoms with Crippen LogP contribution >= 0.6 is 23.1 Å². The van der Waals surface area contributed by atoms with Gasteiger partial charge in [-0.3, -0.25) is 0 Å². The van der Waals surface area contributed by atoms with Gasteiger partial charge in [0.25, 0.3) is 5.01 Å². The van der Waals surface area contributed by atoms with E-state index in [0.29, 0.717) is 0 Å². The number of halogens is 2. The van der Waals surface area contributed by atoms with Gasteiger partial charge >= 0.3 is 0 Å². The predicted molar refractivity (Wildman–Crippen MR) is 119 cm³/mol. The zero-order valence-corrected chi connectivity index (χ0v) is 17.9. The van der Waals surface area contributed by atoms with E-state index in [-0.39, 0.29) is 11.6 Å². The molecule has 0 aliphatic carbocycles. The van der Waals surface area contributed by atoms with Crippen LogP contribution in [0.3, 0.4) is 0 Å². The monoisotopic (exact) mass is 427 g/mol. The Hall–Kier alpha value is -2.44. The van der Waals surface area contributed by atoms with Crippen LogP contribution in [-0.4, -0.2) is 6.54 Å². The van der Waals surface area contributed by atoms with Gasteiger partial charge in [-0.15, -0.1) is 0 Å². The second kappa shape index (κ2) is 8.51. The molecule has 4 rings (SSSR count). The number of aromatic nitrogens is 1. The van der Waals surface area contributed by atoms with Crippen LogP contribution in [0.2, 0.25) is 0 Å². The van der Waals surface area contributed by atoms with Crippen LogP contribution in [0.25, 0.3) is 16.3 Å². The molecular formula is C23H21F2N2S2+. The molecule has 0 saturated carbocycles. The van der Waals surface area contributed by atoms with Crippen molar-refractivity contribution in [3.63, 3.8) is 0 Å². The van der Waals surface area contributed by atoms with Crippen molar-refractivity contribution in [2.24, 2.45) is 0 Å². The van der Waals surface area contributed by atoms with Gasteiger partial charge in [-0.05, 0) is 50.3 Å². The van der Waals surface area contributed by atoms with Gasteiger partial charge < -0.3 is 4.90 Å². The lowest BCUT2D eigenvalue weighted by atomic mass is 10.3. The standard InChI is InChI=1S/C23H21F2N2S2/c1-3-26-18-14-16(24)10-12-20(18)28-22(26)8-6-5-7-9-23-27(4-2)19-15-17(25)11-13-21(19)29-23/h5-15H,3-4H2,1-2H3/q+1. The number of hydrogen-bond donors (Lipinski definition) is 0. The first-order chi connectivity index (χ1) is 14.1. The number of thioether (sulfide) groups is 1. The summed E-state index contributed by atoms with van der Waals surface area (Å²) < 4.78 is 30.3. The molecule has 6 heteroatoms. The van der Waals surface area contributed by atoms with Crippen molar-refractivity contribution in [2.75, 3.05) is 11.4 Å².